The molecule has 2 N–H and O–H groups in total. The van der Waals surface area contributed by atoms with Crippen molar-refractivity contribution in [3.05, 3.63) is 123 Å². The minimum Gasteiger partial charge on any atom is -0.367 e. The number of para-hydroxylation sites is 1. The molecular formula is C38H41N7O2. The van der Waals surface area contributed by atoms with E-state index in [0.29, 0.717) is 12.1 Å². The average Bonchev–Trinajstić information content (AvgIpc) is 3.52. The van der Waals surface area contributed by atoms with E-state index in [1.165, 1.54) is 5.56 Å². The Morgan fingerprint density at radius 1 is 0.830 bits per heavy atom. The summed E-state index contributed by atoms with van der Waals surface area (Å²) in [6, 6.07) is 25.0. The number of imidazole rings is 1. The molecule has 1 saturated heterocycles. The maximum Gasteiger partial charge on any atom is 0.316 e. The lowest BCUT2D eigenvalue weighted by Gasteiger charge is -2.36. The molecule has 9 nitrogen and oxygen atoms in total. The van der Waals surface area contributed by atoms with Crippen molar-refractivity contribution < 1.29 is 0 Å². The third kappa shape index (κ3) is 6.49. The second-order valence-corrected chi connectivity index (χ2v) is 13.6. The van der Waals surface area contributed by atoms with Crippen LogP contribution in [0.2, 0.25) is 0 Å². The summed E-state index contributed by atoms with van der Waals surface area (Å²) < 4.78 is 1.63. The molecule has 3 aromatic heterocycles. The highest BCUT2D eigenvalue weighted by atomic mass is 16.2. The molecule has 9 heteroatoms. The summed E-state index contributed by atoms with van der Waals surface area (Å²) in [6.45, 7) is 11.5. The van der Waals surface area contributed by atoms with Crippen LogP contribution in [0.15, 0.2) is 94.8 Å². The highest BCUT2D eigenvalue weighted by Crippen LogP contribution is 2.31. The summed E-state index contributed by atoms with van der Waals surface area (Å²) in [4.78, 5) is 45.7. The Bertz CT molecular complexity index is 2130. The lowest BCUT2D eigenvalue weighted by molar-refractivity contribution is 0.250. The van der Waals surface area contributed by atoms with Gasteiger partial charge in [0.2, 0.25) is 0 Å². The van der Waals surface area contributed by atoms with E-state index in [9.17, 15) is 9.59 Å². The first kappa shape index (κ1) is 30.6. The molecule has 0 amide bonds. The maximum absolute atomic E-state index is 12.9. The number of hydrogen-bond acceptors (Lipinski definition) is 6. The normalized spacial score (nSPS) is 14.3. The number of rotatable bonds is 8. The summed E-state index contributed by atoms with van der Waals surface area (Å²) in [7, 11) is 0. The van der Waals surface area contributed by atoms with Crippen LogP contribution in [0.1, 0.15) is 43.9 Å². The van der Waals surface area contributed by atoms with Gasteiger partial charge in [-0.05, 0) is 65.3 Å². The molecule has 3 aromatic carbocycles. The zero-order chi connectivity index (χ0) is 32.5. The molecule has 4 heterocycles. The molecule has 0 aliphatic carbocycles. The lowest BCUT2D eigenvalue weighted by atomic mass is 9.87. The van der Waals surface area contributed by atoms with E-state index >= 15 is 0 Å². The Labute approximate surface area is 273 Å². The standard InChI is InChI=1S/C38H41N7O2/c1-38(2,3)29-14-12-28(13-15-29)35-40-31-9-4-10-32(34(31)42-35)44-21-19-43(20-22-44)25-27-11-16-30-33(23-27)45(37(47)36(46)41-30)18-6-8-26-7-5-17-39-24-26/h4-5,7,9-17,23-24H,6,8,18-22,25H2,1-3H3,(H,40,42)(H,41,46). The molecule has 1 aliphatic rings. The molecule has 7 rings (SSSR count). The summed E-state index contributed by atoms with van der Waals surface area (Å²) in [5.41, 5.74) is 8.30. The van der Waals surface area contributed by atoms with Crippen molar-refractivity contribution in [3.63, 3.8) is 0 Å². The van der Waals surface area contributed by atoms with Crippen LogP contribution in [0.3, 0.4) is 0 Å². The van der Waals surface area contributed by atoms with Crippen LogP contribution in [-0.4, -0.2) is 55.6 Å². The van der Waals surface area contributed by atoms with Crippen LogP contribution in [0.5, 0.6) is 0 Å². The van der Waals surface area contributed by atoms with Crippen LogP contribution >= 0.6 is 0 Å². The van der Waals surface area contributed by atoms with Gasteiger partial charge >= 0.3 is 11.1 Å². The van der Waals surface area contributed by atoms with Crippen molar-refractivity contribution in [1.82, 2.24) is 29.4 Å². The van der Waals surface area contributed by atoms with E-state index < -0.39 is 11.1 Å². The van der Waals surface area contributed by atoms with Gasteiger partial charge in [-0.3, -0.25) is 19.5 Å². The number of hydrogen-bond donors (Lipinski definition) is 2. The Morgan fingerprint density at radius 3 is 2.38 bits per heavy atom. The fourth-order valence-corrected chi connectivity index (χ4v) is 6.56. The lowest BCUT2D eigenvalue weighted by Crippen LogP contribution is -2.46. The number of pyridine rings is 1. The van der Waals surface area contributed by atoms with Crippen LogP contribution < -0.4 is 16.0 Å². The number of aromatic nitrogens is 5. The smallest absolute Gasteiger partial charge is 0.316 e. The summed E-state index contributed by atoms with van der Waals surface area (Å²) in [5.74, 6) is 0.889. The van der Waals surface area contributed by atoms with E-state index in [1.807, 2.05) is 24.4 Å². The Morgan fingerprint density at radius 2 is 1.64 bits per heavy atom. The molecule has 47 heavy (non-hydrogen) atoms. The molecule has 1 fully saturated rings. The second-order valence-electron chi connectivity index (χ2n) is 13.6. The van der Waals surface area contributed by atoms with Crippen molar-refractivity contribution in [2.24, 2.45) is 0 Å². The highest BCUT2D eigenvalue weighted by Gasteiger charge is 2.21. The van der Waals surface area contributed by atoms with Crippen molar-refractivity contribution in [2.45, 2.75) is 52.1 Å². The van der Waals surface area contributed by atoms with Crippen LogP contribution in [0.25, 0.3) is 33.5 Å². The number of benzene rings is 3. The Kier molecular flexibility index (Phi) is 8.24. The van der Waals surface area contributed by atoms with E-state index in [-0.39, 0.29) is 5.41 Å². The molecule has 0 spiro atoms. The molecule has 240 valence electrons. The monoisotopic (exact) mass is 627 g/mol. The van der Waals surface area contributed by atoms with E-state index in [2.05, 4.69) is 100 Å². The van der Waals surface area contributed by atoms with Crippen LogP contribution in [-0.2, 0) is 24.9 Å². The minimum atomic E-state index is -0.583. The van der Waals surface area contributed by atoms with Crippen LogP contribution in [0.4, 0.5) is 5.69 Å². The van der Waals surface area contributed by atoms with E-state index in [4.69, 9.17) is 4.98 Å². The average molecular weight is 628 g/mol. The van der Waals surface area contributed by atoms with E-state index in [1.54, 1.807) is 10.8 Å². The van der Waals surface area contributed by atoms with E-state index in [0.717, 1.165) is 90.3 Å². The van der Waals surface area contributed by atoms with Crippen LogP contribution in [0, 0.1) is 0 Å². The molecular weight excluding hydrogens is 586 g/mol. The molecule has 1 aliphatic heterocycles. The number of H-pyrrole nitrogens is 2. The van der Waals surface area contributed by atoms with Gasteiger partial charge < -0.3 is 19.4 Å². The topological polar surface area (TPSA) is 103 Å². The summed E-state index contributed by atoms with van der Waals surface area (Å²) in [6.07, 6.45) is 5.12. The molecule has 0 bridgehead atoms. The summed E-state index contributed by atoms with van der Waals surface area (Å²) in [5, 5.41) is 0. The number of nitrogens with one attached hydrogen (secondary N) is 2. The predicted octanol–water partition coefficient (Wildman–Crippen LogP) is 5.88. The molecule has 6 aromatic rings. The first-order chi connectivity index (χ1) is 22.7. The maximum atomic E-state index is 12.9. The predicted molar refractivity (Wildman–Crippen MR) is 189 cm³/mol. The first-order valence-electron chi connectivity index (χ1n) is 16.4. The fraction of sp³-hybridized carbons (Fsp3) is 0.316. The van der Waals surface area contributed by atoms with Crippen molar-refractivity contribution in [1.29, 1.82) is 0 Å². The number of fused-ring (bicyclic) bond motifs is 2. The zero-order valence-corrected chi connectivity index (χ0v) is 27.3. The van der Waals surface area contributed by atoms with Gasteiger partial charge in [0.1, 0.15) is 11.3 Å². The van der Waals surface area contributed by atoms with Crippen molar-refractivity contribution in [3.8, 4) is 11.4 Å². The second kappa shape index (κ2) is 12.6. The number of anilines is 1. The SMILES string of the molecule is CC(C)(C)c1ccc(-c2nc3c(N4CCN(Cc5ccc6[nH]c(=O)c(=O)n(CCCc7cccnc7)c6c5)CC4)cccc3[nH]2)cc1. The highest BCUT2D eigenvalue weighted by molar-refractivity contribution is 5.91. The number of piperazine rings is 1. The van der Waals surface area contributed by atoms with Crippen molar-refractivity contribution in [2.75, 3.05) is 31.1 Å². The van der Waals surface area contributed by atoms with Gasteiger partial charge in [0.15, 0.2) is 0 Å². The quantitative estimate of drug-likeness (QED) is 0.204. The fourth-order valence-electron chi connectivity index (χ4n) is 6.56. The Balaban J connectivity index is 1.04. The number of aromatic amines is 2. The largest absolute Gasteiger partial charge is 0.367 e. The van der Waals surface area contributed by atoms with Gasteiger partial charge in [-0.25, -0.2) is 4.98 Å². The molecule has 0 unspecified atom stereocenters. The third-order valence-corrected chi connectivity index (χ3v) is 9.25. The number of aryl methyl sites for hydroxylation is 2. The third-order valence-electron chi connectivity index (χ3n) is 9.25. The molecule has 0 atom stereocenters. The van der Waals surface area contributed by atoms with Crippen molar-refractivity contribution >= 4 is 27.8 Å². The van der Waals surface area contributed by atoms with Gasteiger partial charge in [0.25, 0.3) is 0 Å². The zero-order valence-electron chi connectivity index (χ0n) is 27.3. The van der Waals surface area contributed by atoms with Gasteiger partial charge in [0.05, 0.1) is 22.2 Å². The number of nitrogens with zero attached hydrogens (tertiary/aromatic N) is 5. The molecule has 0 radical (unpaired) electrons. The van der Waals surface area contributed by atoms with Gasteiger partial charge in [-0.2, -0.15) is 0 Å². The van der Waals surface area contributed by atoms with Gasteiger partial charge in [-0.15, -0.1) is 0 Å². The minimum absolute atomic E-state index is 0.111. The van der Waals surface area contributed by atoms with Gasteiger partial charge in [0, 0.05) is 57.2 Å². The molecule has 0 saturated carbocycles. The summed E-state index contributed by atoms with van der Waals surface area (Å²) >= 11 is 0. The first-order valence-corrected chi connectivity index (χ1v) is 16.4. The van der Waals surface area contributed by atoms with Gasteiger partial charge in [-0.1, -0.05) is 63.2 Å². The Hall–Kier alpha value is -5.02.